The summed E-state index contributed by atoms with van der Waals surface area (Å²) in [6, 6.07) is 15.0. The molecule has 0 radical (unpaired) electrons. The normalized spacial score (nSPS) is 16.7. The van der Waals surface area contributed by atoms with Crippen LogP contribution >= 0.6 is 22.6 Å². The van der Waals surface area contributed by atoms with E-state index in [9.17, 15) is 0 Å². The molecule has 0 bridgehead atoms. The van der Waals surface area contributed by atoms with Crippen molar-refractivity contribution in [2.24, 2.45) is 0 Å². The van der Waals surface area contributed by atoms with E-state index in [0.717, 1.165) is 15.6 Å². The topological polar surface area (TPSA) is 31.9 Å². The zero-order valence-corrected chi connectivity index (χ0v) is 15.9. The van der Waals surface area contributed by atoms with Gasteiger partial charge in [0.25, 0.3) is 0 Å². The van der Waals surface area contributed by atoms with Crippen molar-refractivity contribution in [1.29, 1.82) is 0 Å². The van der Waals surface area contributed by atoms with Crippen molar-refractivity contribution >= 4 is 33.6 Å². The second-order valence-electron chi connectivity index (χ2n) is 6.63. The van der Waals surface area contributed by atoms with Crippen LogP contribution in [-0.2, 0) is 6.42 Å². The van der Waals surface area contributed by atoms with Gasteiger partial charge in [-0.3, -0.25) is 0 Å². The van der Waals surface area contributed by atoms with E-state index in [0.29, 0.717) is 5.92 Å². The number of hydrogen-bond donors (Lipinski definition) is 1. The van der Waals surface area contributed by atoms with E-state index in [-0.39, 0.29) is 0 Å². The number of rotatable bonds is 4. The molecule has 0 unspecified atom stereocenters. The Morgan fingerprint density at radius 3 is 2.67 bits per heavy atom. The van der Waals surface area contributed by atoms with Crippen LogP contribution in [0.5, 0.6) is 0 Å². The van der Waals surface area contributed by atoms with Gasteiger partial charge in [0.2, 0.25) is 0 Å². The minimum absolute atomic E-state index is 0.637. The van der Waals surface area contributed by atoms with Crippen LogP contribution in [0.2, 0.25) is 0 Å². The largest absolute Gasteiger partial charge is 0.360 e. The van der Waals surface area contributed by atoms with Gasteiger partial charge in [0.05, 0.1) is 11.0 Å². The number of aromatic amines is 1. The van der Waals surface area contributed by atoms with Crippen LogP contribution in [-0.4, -0.2) is 34.5 Å². The molecule has 4 heteroatoms. The molecule has 3 nitrogen and oxygen atoms in total. The highest BCUT2D eigenvalue weighted by atomic mass is 127. The first-order chi connectivity index (χ1) is 11.8. The van der Waals surface area contributed by atoms with Gasteiger partial charge in [-0.1, -0.05) is 30.3 Å². The lowest BCUT2D eigenvalue weighted by Gasteiger charge is -2.31. The Morgan fingerprint density at radius 2 is 1.88 bits per heavy atom. The summed E-state index contributed by atoms with van der Waals surface area (Å²) in [5.41, 5.74) is 5.18. The van der Waals surface area contributed by atoms with Gasteiger partial charge in [0, 0.05) is 12.7 Å². The number of aromatic nitrogens is 2. The summed E-state index contributed by atoms with van der Waals surface area (Å²) in [4.78, 5) is 10.7. The number of nitrogens with zero attached hydrogens (tertiary/aromatic N) is 2. The van der Waals surface area contributed by atoms with Gasteiger partial charge in [-0.25, -0.2) is 4.98 Å². The molecule has 0 spiro atoms. The quantitative estimate of drug-likeness (QED) is 0.484. The molecule has 2 aromatic heterocycles. The molecule has 4 rings (SSSR count). The predicted octanol–water partition coefficient (Wildman–Crippen LogP) is 4.59. The highest BCUT2D eigenvalue weighted by Crippen LogP contribution is 2.32. The minimum atomic E-state index is 0.637. The molecule has 24 heavy (non-hydrogen) atoms. The second kappa shape index (κ2) is 7.23. The van der Waals surface area contributed by atoms with E-state index in [4.69, 9.17) is 4.98 Å². The highest BCUT2D eigenvalue weighted by molar-refractivity contribution is 14.1. The molecule has 3 aromatic rings. The van der Waals surface area contributed by atoms with Crippen molar-refractivity contribution in [3.63, 3.8) is 0 Å². The van der Waals surface area contributed by atoms with Crippen molar-refractivity contribution in [3.05, 3.63) is 63.5 Å². The molecule has 1 aliphatic heterocycles. The van der Waals surface area contributed by atoms with Crippen molar-refractivity contribution in [2.75, 3.05) is 19.6 Å². The number of nitrogens with one attached hydrogen (secondary N) is 1. The fraction of sp³-hybridized carbons (Fsp3) is 0.350. The van der Waals surface area contributed by atoms with Gasteiger partial charge < -0.3 is 9.88 Å². The Bertz CT molecular complexity index is 804. The average Bonchev–Trinajstić information content (AvgIpc) is 3.04. The Kier molecular flexibility index (Phi) is 4.85. The molecule has 0 saturated carbocycles. The van der Waals surface area contributed by atoms with Gasteiger partial charge in [0.1, 0.15) is 3.70 Å². The SMILES string of the molecule is Ic1ccc2[nH]cc(C3CCN(CCc4ccccc4)CC3)c2n1. The molecule has 3 heterocycles. The molecule has 1 N–H and O–H groups in total. The van der Waals surface area contributed by atoms with Crippen LogP contribution < -0.4 is 0 Å². The monoisotopic (exact) mass is 431 g/mol. The lowest BCUT2D eigenvalue weighted by molar-refractivity contribution is 0.215. The van der Waals surface area contributed by atoms with E-state index in [1.165, 1.54) is 49.1 Å². The van der Waals surface area contributed by atoms with Crippen LogP contribution in [0.1, 0.15) is 29.9 Å². The number of pyridine rings is 1. The average molecular weight is 431 g/mol. The minimum Gasteiger partial charge on any atom is -0.360 e. The predicted molar refractivity (Wildman–Crippen MR) is 107 cm³/mol. The van der Waals surface area contributed by atoms with Crippen LogP contribution in [0.3, 0.4) is 0 Å². The maximum atomic E-state index is 4.75. The molecule has 1 saturated heterocycles. The Morgan fingerprint density at radius 1 is 1.08 bits per heavy atom. The summed E-state index contributed by atoms with van der Waals surface area (Å²) in [6.45, 7) is 3.54. The van der Waals surface area contributed by atoms with Crippen molar-refractivity contribution in [1.82, 2.24) is 14.9 Å². The third-order valence-electron chi connectivity index (χ3n) is 5.10. The molecule has 124 valence electrons. The molecular formula is C20H22IN3. The third kappa shape index (κ3) is 3.49. The van der Waals surface area contributed by atoms with Crippen LogP contribution in [0.15, 0.2) is 48.7 Å². The van der Waals surface area contributed by atoms with E-state index in [2.05, 4.69) is 81.1 Å². The Labute approximate surface area is 156 Å². The summed E-state index contributed by atoms with van der Waals surface area (Å²) < 4.78 is 1.07. The fourth-order valence-electron chi connectivity index (χ4n) is 3.71. The fourth-order valence-corrected chi connectivity index (χ4v) is 4.13. The zero-order chi connectivity index (χ0) is 16.4. The Hall–Kier alpha value is -1.40. The van der Waals surface area contributed by atoms with E-state index in [1.807, 2.05) is 0 Å². The number of H-pyrrole nitrogens is 1. The van der Waals surface area contributed by atoms with E-state index >= 15 is 0 Å². The van der Waals surface area contributed by atoms with Gasteiger partial charge in [0.15, 0.2) is 0 Å². The summed E-state index contributed by atoms with van der Waals surface area (Å²) in [6.07, 6.45) is 5.79. The van der Waals surface area contributed by atoms with Gasteiger partial charge in [-0.2, -0.15) is 0 Å². The molecule has 0 amide bonds. The molecular weight excluding hydrogens is 409 g/mol. The number of likely N-dealkylation sites (tertiary alicyclic amines) is 1. The standard InChI is InChI=1S/C20H22IN3/c21-19-7-6-18-20(23-19)17(14-22-18)16-9-12-24(13-10-16)11-8-15-4-2-1-3-5-15/h1-7,14,16,22H,8-13H2. The molecule has 1 aliphatic rings. The first-order valence-corrected chi connectivity index (χ1v) is 9.77. The lowest BCUT2D eigenvalue weighted by atomic mass is 9.90. The smallest absolute Gasteiger partial charge is 0.102 e. The van der Waals surface area contributed by atoms with Crippen LogP contribution in [0.25, 0.3) is 11.0 Å². The lowest BCUT2D eigenvalue weighted by Crippen LogP contribution is -2.34. The van der Waals surface area contributed by atoms with Gasteiger partial charge in [-0.05, 0) is 84.1 Å². The molecule has 1 aromatic carbocycles. The van der Waals surface area contributed by atoms with Gasteiger partial charge in [-0.15, -0.1) is 0 Å². The number of halogens is 1. The first kappa shape index (κ1) is 16.1. The number of benzene rings is 1. The van der Waals surface area contributed by atoms with E-state index in [1.54, 1.807) is 0 Å². The number of fused-ring (bicyclic) bond motifs is 1. The maximum absolute atomic E-state index is 4.75. The zero-order valence-electron chi connectivity index (χ0n) is 13.7. The molecule has 1 fully saturated rings. The summed E-state index contributed by atoms with van der Waals surface area (Å²) >= 11 is 2.30. The van der Waals surface area contributed by atoms with E-state index < -0.39 is 0 Å². The second-order valence-corrected chi connectivity index (χ2v) is 7.73. The van der Waals surface area contributed by atoms with Crippen LogP contribution in [0, 0.1) is 3.70 Å². The number of hydrogen-bond acceptors (Lipinski definition) is 2. The maximum Gasteiger partial charge on any atom is 0.102 e. The third-order valence-corrected chi connectivity index (χ3v) is 5.71. The summed E-state index contributed by atoms with van der Waals surface area (Å²) in [5.74, 6) is 0.637. The summed E-state index contributed by atoms with van der Waals surface area (Å²) in [7, 11) is 0. The molecule has 0 aliphatic carbocycles. The first-order valence-electron chi connectivity index (χ1n) is 8.69. The van der Waals surface area contributed by atoms with Gasteiger partial charge >= 0.3 is 0 Å². The number of piperidine rings is 1. The van der Waals surface area contributed by atoms with Crippen molar-refractivity contribution in [3.8, 4) is 0 Å². The summed E-state index contributed by atoms with van der Waals surface area (Å²) in [5, 5.41) is 0. The Balaban J connectivity index is 1.38. The van der Waals surface area contributed by atoms with Crippen LogP contribution in [0.4, 0.5) is 0 Å². The molecule has 0 atom stereocenters. The van der Waals surface area contributed by atoms with Crippen molar-refractivity contribution < 1.29 is 0 Å². The van der Waals surface area contributed by atoms with Crippen molar-refractivity contribution in [2.45, 2.75) is 25.2 Å². The highest BCUT2D eigenvalue weighted by Gasteiger charge is 2.23.